The Labute approximate surface area is 173 Å². The van der Waals surface area contributed by atoms with E-state index < -0.39 is 0 Å². The van der Waals surface area contributed by atoms with Crippen LogP contribution in [0.1, 0.15) is 17.7 Å². The zero-order valence-electron chi connectivity index (χ0n) is 15.1. The Kier molecular flexibility index (Phi) is 8.74. The van der Waals surface area contributed by atoms with Crippen molar-refractivity contribution in [2.75, 3.05) is 26.2 Å². The van der Waals surface area contributed by atoms with Crippen LogP contribution in [0, 0.1) is 5.92 Å². The van der Waals surface area contributed by atoms with Crippen LogP contribution in [-0.2, 0) is 12.8 Å². The zero-order chi connectivity index (χ0) is 17.3. The molecule has 1 aliphatic rings. The van der Waals surface area contributed by atoms with Crippen molar-refractivity contribution in [2.45, 2.75) is 19.3 Å². The first-order valence-corrected chi connectivity index (χ1v) is 9.05. The molecule has 0 saturated carbocycles. The standard InChI is InChI=1S/C21H27N3O.HI/c1-2-12-22-21(23-13-10-20-9-6-15-25-20)24-14-11-19(17-24)16-18-7-4-3-5-8-18;/h2-9,15,19H,1,10-14,16-17H2,(H,22,23);1H. The molecule has 1 N–H and O–H groups in total. The molecular weight excluding hydrogens is 437 g/mol. The number of hydrogen-bond acceptors (Lipinski definition) is 2. The summed E-state index contributed by atoms with van der Waals surface area (Å²) in [6.45, 7) is 7.38. The van der Waals surface area contributed by atoms with Gasteiger partial charge in [-0.25, -0.2) is 0 Å². The summed E-state index contributed by atoms with van der Waals surface area (Å²) in [4.78, 5) is 7.16. The van der Waals surface area contributed by atoms with E-state index in [-0.39, 0.29) is 24.0 Å². The number of guanidine groups is 1. The molecule has 0 amide bonds. The summed E-state index contributed by atoms with van der Waals surface area (Å²) >= 11 is 0. The quantitative estimate of drug-likeness (QED) is 0.289. The molecule has 1 saturated heterocycles. The fourth-order valence-corrected chi connectivity index (χ4v) is 3.30. The van der Waals surface area contributed by atoms with Crippen molar-refractivity contribution in [2.24, 2.45) is 10.9 Å². The van der Waals surface area contributed by atoms with E-state index in [1.807, 2.05) is 18.2 Å². The number of benzene rings is 1. The Balaban J connectivity index is 0.00000243. The molecule has 3 rings (SSSR count). The molecule has 1 aliphatic heterocycles. The molecular formula is C21H28IN3O. The van der Waals surface area contributed by atoms with Crippen LogP contribution in [0.4, 0.5) is 0 Å². The van der Waals surface area contributed by atoms with Gasteiger partial charge in [-0.05, 0) is 36.5 Å². The van der Waals surface area contributed by atoms with Crippen molar-refractivity contribution in [1.29, 1.82) is 0 Å². The van der Waals surface area contributed by atoms with Crippen LogP contribution in [0.2, 0.25) is 0 Å². The number of halogens is 1. The smallest absolute Gasteiger partial charge is 0.194 e. The molecule has 1 aromatic heterocycles. The monoisotopic (exact) mass is 465 g/mol. The minimum absolute atomic E-state index is 0. The fraction of sp³-hybridized carbons (Fsp3) is 0.381. The third-order valence-electron chi connectivity index (χ3n) is 4.56. The number of furan rings is 1. The first-order chi connectivity index (χ1) is 12.3. The normalized spacial score (nSPS) is 17.0. The molecule has 2 aromatic rings. The summed E-state index contributed by atoms with van der Waals surface area (Å²) in [6, 6.07) is 14.7. The van der Waals surface area contributed by atoms with Gasteiger partial charge >= 0.3 is 0 Å². The number of aliphatic imine (C=N–C) groups is 1. The second-order valence-electron chi connectivity index (χ2n) is 6.49. The van der Waals surface area contributed by atoms with E-state index in [1.54, 1.807) is 6.26 Å². The van der Waals surface area contributed by atoms with Crippen LogP contribution in [0.15, 0.2) is 70.8 Å². The summed E-state index contributed by atoms with van der Waals surface area (Å²) in [5.41, 5.74) is 1.42. The molecule has 140 valence electrons. The molecule has 26 heavy (non-hydrogen) atoms. The molecule has 5 heteroatoms. The number of rotatable bonds is 7. The highest BCUT2D eigenvalue weighted by molar-refractivity contribution is 14.0. The second-order valence-corrected chi connectivity index (χ2v) is 6.49. The van der Waals surface area contributed by atoms with Gasteiger partial charge in [0.05, 0.1) is 6.26 Å². The molecule has 1 atom stereocenters. The summed E-state index contributed by atoms with van der Waals surface area (Å²) in [5.74, 6) is 2.65. The lowest BCUT2D eigenvalue weighted by atomic mass is 9.99. The Hall–Kier alpha value is -1.76. The Morgan fingerprint density at radius 1 is 1.27 bits per heavy atom. The Bertz CT molecular complexity index is 670. The van der Waals surface area contributed by atoms with Crippen LogP contribution in [0.3, 0.4) is 0 Å². The summed E-state index contributed by atoms with van der Waals surface area (Å²) in [6.07, 6.45) is 6.76. The Morgan fingerprint density at radius 3 is 2.85 bits per heavy atom. The van der Waals surface area contributed by atoms with E-state index in [9.17, 15) is 0 Å². The summed E-state index contributed by atoms with van der Waals surface area (Å²) < 4.78 is 5.39. The minimum Gasteiger partial charge on any atom is -0.469 e. The van der Waals surface area contributed by atoms with E-state index in [1.165, 1.54) is 12.0 Å². The van der Waals surface area contributed by atoms with Gasteiger partial charge in [0.25, 0.3) is 0 Å². The van der Waals surface area contributed by atoms with Gasteiger partial charge in [0.2, 0.25) is 0 Å². The van der Waals surface area contributed by atoms with E-state index in [4.69, 9.17) is 9.41 Å². The highest BCUT2D eigenvalue weighted by Crippen LogP contribution is 2.21. The summed E-state index contributed by atoms with van der Waals surface area (Å²) in [7, 11) is 0. The topological polar surface area (TPSA) is 40.8 Å². The number of hydrogen-bond donors (Lipinski definition) is 1. The van der Waals surface area contributed by atoms with Crippen molar-refractivity contribution in [3.8, 4) is 0 Å². The molecule has 1 aromatic carbocycles. The predicted molar refractivity (Wildman–Crippen MR) is 118 cm³/mol. The van der Waals surface area contributed by atoms with Crippen LogP contribution in [0.5, 0.6) is 0 Å². The minimum atomic E-state index is 0. The van der Waals surface area contributed by atoms with Gasteiger partial charge in [-0.15, -0.1) is 30.6 Å². The van der Waals surface area contributed by atoms with E-state index in [0.717, 1.165) is 50.7 Å². The van der Waals surface area contributed by atoms with Crippen molar-refractivity contribution in [1.82, 2.24) is 10.2 Å². The number of nitrogens with zero attached hydrogens (tertiary/aromatic N) is 2. The Morgan fingerprint density at radius 2 is 2.12 bits per heavy atom. The van der Waals surface area contributed by atoms with Gasteiger partial charge < -0.3 is 14.6 Å². The van der Waals surface area contributed by atoms with E-state index in [0.29, 0.717) is 5.92 Å². The fourth-order valence-electron chi connectivity index (χ4n) is 3.30. The highest BCUT2D eigenvalue weighted by atomic mass is 127. The van der Waals surface area contributed by atoms with Crippen molar-refractivity contribution < 1.29 is 4.42 Å². The average molecular weight is 465 g/mol. The van der Waals surface area contributed by atoms with Gasteiger partial charge in [0.1, 0.15) is 5.76 Å². The third kappa shape index (κ3) is 6.20. The first-order valence-electron chi connectivity index (χ1n) is 9.05. The van der Waals surface area contributed by atoms with Gasteiger partial charge in [0, 0.05) is 32.6 Å². The van der Waals surface area contributed by atoms with Crippen molar-refractivity contribution >= 4 is 29.9 Å². The molecule has 2 heterocycles. The van der Waals surface area contributed by atoms with Gasteiger partial charge in [0.15, 0.2) is 5.96 Å². The van der Waals surface area contributed by atoms with Crippen molar-refractivity contribution in [3.63, 3.8) is 0 Å². The number of likely N-dealkylation sites (tertiary alicyclic amines) is 1. The summed E-state index contributed by atoms with van der Waals surface area (Å²) in [5, 5.41) is 3.40. The highest BCUT2D eigenvalue weighted by Gasteiger charge is 2.24. The van der Waals surface area contributed by atoms with Crippen LogP contribution < -0.4 is 5.32 Å². The SMILES string of the molecule is C=CCNC(=NCCc1ccco1)N1CCC(Cc2ccccc2)C1.I. The van der Waals surface area contributed by atoms with E-state index >= 15 is 0 Å². The van der Waals surface area contributed by atoms with Crippen LogP contribution in [-0.4, -0.2) is 37.0 Å². The van der Waals surface area contributed by atoms with Gasteiger partial charge in [-0.2, -0.15) is 0 Å². The van der Waals surface area contributed by atoms with E-state index in [2.05, 4.69) is 47.1 Å². The first kappa shape index (κ1) is 20.6. The average Bonchev–Trinajstić information content (AvgIpc) is 3.31. The van der Waals surface area contributed by atoms with Crippen LogP contribution >= 0.6 is 24.0 Å². The largest absolute Gasteiger partial charge is 0.469 e. The molecule has 1 unspecified atom stereocenters. The molecule has 0 bridgehead atoms. The lowest BCUT2D eigenvalue weighted by molar-refractivity contribution is 0.460. The molecule has 0 aliphatic carbocycles. The van der Waals surface area contributed by atoms with Crippen LogP contribution in [0.25, 0.3) is 0 Å². The van der Waals surface area contributed by atoms with Crippen molar-refractivity contribution in [3.05, 3.63) is 72.7 Å². The maximum Gasteiger partial charge on any atom is 0.194 e. The third-order valence-corrected chi connectivity index (χ3v) is 4.56. The molecule has 0 radical (unpaired) electrons. The molecule has 0 spiro atoms. The maximum absolute atomic E-state index is 5.39. The maximum atomic E-state index is 5.39. The number of nitrogens with one attached hydrogen (secondary N) is 1. The van der Waals surface area contributed by atoms with Gasteiger partial charge in [-0.1, -0.05) is 36.4 Å². The molecule has 4 nitrogen and oxygen atoms in total. The predicted octanol–water partition coefficient (Wildman–Crippen LogP) is 4.14. The lowest BCUT2D eigenvalue weighted by Gasteiger charge is -2.21. The molecule has 1 fully saturated rings. The lowest BCUT2D eigenvalue weighted by Crippen LogP contribution is -2.40. The van der Waals surface area contributed by atoms with Gasteiger partial charge in [-0.3, -0.25) is 4.99 Å². The zero-order valence-corrected chi connectivity index (χ0v) is 17.5. The second kappa shape index (κ2) is 11.1.